The van der Waals surface area contributed by atoms with E-state index in [1.165, 1.54) is 0 Å². The third-order valence-corrected chi connectivity index (χ3v) is 4.15. The fourth-order valence-electron chi connectivity index (χ4n) is 2.72. The summed E-state index contributed by atoms with van der Waals surface area (Å²) in [6, 6.07) is 7.45. The van der Waals surface area contributed by atoms with Gasteiger partial charge in [-0.2, -0.15) is 0 Å². The van der Waals surface area contributed by atoms with Gasteiger partial charge < -0.3 is 15.5 Å². The van der Waals surface area contributed by atoms with Crippen LogP contribution in [0.4, 0.5) is 5.69 Å². The van der Waals surface area contributed by atoms with Crippen LogP contribution in [0.25, 0.3) is 0 Å². The molecule has 1 heterocycles. The van der Waals surface area contributed by atoms with Crippen LogP contribution in [0, 0.1) is 5.92 Å². The molecule has 0 unspecified atom stereocenters. The number of benzene rings is 1. The number of nitrogens with two attached hydrogens (primary N) is 1. The van der Waals surface area contributed by atoms with Crippen molar-refractivity contribution in [2.75, 3.05) is 31.1 Å². The molecule has 116 valence electrons. The van der Waals surface area contributed by atoms with Crippen molar-refractivity contribution >= 4 is 23.2 Å². The molecule has 0 aliphatic carbocycles. The first-order chi connectivity index (χ1) is 9.99. The predicted molar refractivity (Wildman–Crippen MR) is 87.7 cm³/mol. The summed E-state index contributed by atoms with van der Waals surface area (Å²) < 4.78 is 0. The molecule has 2 rings (SSSR count). The molecule has 0 saturated carbocycles. The van der Waals surface area contributed by atoms with Gasteiger partial charge in [-0.25, -0.2) is 0 Å². The van der Waals surface area contributed by atoms with Gasteiger partial charge in [0.2, 0.25) is 5.91 Å². The standard InChI is InChI=1S/C16H24ClN3O/c1-12(2)11-14(18)16(21)20-9-7-19(8-10-20)15-6-4-3-5-13(15)17/h3-6,12,14H,7-11,18H2,1-2H3/t14-/m0/s1. The van der Waals surface area contributed by atoms with Crippen molar-refractivity contribution in [2.24, 2.45) is 11.7 Å². The van der Waals surface area contributed by atoms with Crippen LogP contribution in [0.15, 0.2) is 24.3 Å². The Labute approximate surface area is 131 Å². The van der Waals surface area contributed by atoms with E-state index in [9.17, 15) is 4.79 Å². The molecule has 2 N–H and O–H groups in total. The number of hydrogen-bond donors (Lipinski definition) is 1. The van der Waals surface area contributed by atoms with Crippen LogP contribution in [-0.2, 0) is 4.79 Å². The number of para-hydroxylation sites is 1. The molecule has 0 aromatic heterocycles. The van der Waals surface area contributed by atoms with Gasteiger partial charge in [0.15, 0.2) is 0 Å². The average Bonchev–Trinajstić information content (AvgIpc) is 2.46. The highest BCUT2D eigenvalue weighted by molar-refractivity contribution is 6.33. The Balaban J connectivity index is 1.91. The normalized spacial score (nSPS) is 17.2. The number of rotatable bonds is 4. The maximum Gasteiger partial charge on any atom is 0.239 e. The minimum atomic E-state index is -0.378. The first-order valence-corrected chi connectivity index (χ1v) is 7.90. The Morgan fingerprint density at radius 1 is 1.24 bits per heavy atom. The smallest absolute Gasteiger partial charge is 0.239 e. The minimum Gasteiger partial charge on any atom is -0.367 e. The summed E-state index contributed by atoms with van der Waals surface area (Å²) in [5, 5.41) is 0.758. The Kier molecular flexibility index (Phi) is 5.48. The van der Waals surface area contributed by atoms with Crippen LogP contribution < -0.4 is 10.6 Å². The van der Waals surface area contributed by atoms with E-state index in [2.05, 4.69) is 18.7 Å². The van der Waals surface area contributed by atoms with Crippen molar-refractivity contribution in [2.45, 2.75) is 26.3 Å². The number of hydrogen-bond acceptors (Lipinski definition) is 3. The van der Waals surface area contributed by atoms with E-state index in [0.717, 1.165) is 30.2 Å². The number of piperazine rings is 1. The van der Waals surface area contributed by atoms with Gasteiger partial charge in [-0.05, 0) is 24.5 Å². The zero-order valence-corrected chi connectivity index (χ0v) is 13.5. The SMILES string of the molecule is CC(C)C[C@H](N)C(=O)N1CCN(c2ccccc2Cl)CC1. The number of anilines is 1. The molecular formula is C16H24ClN3O. The van der Waals surface area contributed by atoms with E-state index in [1.54, 1.807) is 0 Å². The molecule has 1 aliphatic heterocycles. The monoisotopic (exact) mass is 309 g/mol. The van der Waals surface area contributed by atoms with Gasteiger partial charge in [0.25, 0.3) is 0 Å². The van der Waals surface area contributed by atoms with E-state index in [0.29, 0.717) is 19.0 Å². The van der Waals surface area contributed by atoms with Gasteiger partial charge >= 0.3 is 0 Å². The second kappa shape index (κ2) is 7.14. The van der Waals surface area contributed by atoms with Crippen LogP contribution in [0.2, 0.25) is 5.02 Å². The predicted octanol–water partition coefficient (Wildman–Crippen LogP) is 2.36. The molecule has 4 nitrogen and oxygen atoms in total. The highest BCUT2D eigenvalue weighted by Gasteiger charge is 2.26. The first kappa shape index (κ1) is 16.1. The Hall–Kier alpha value is -1.26. The second-order valence-corrected chi connectivity index (χ2v) is 6.41. The Morgan fingerprint density at radius 3 is 2.43 bits per heavy atom. The molecule has 1 aromatic carbocycles. The molecule has 1 aromatic rings. The summed E-state index contributed by atoms with van der Waals surface area (Å²) in [6.07, 6.45) is 0.740. The van der Waals surface area contributed by atoms with E-state index < -0.39 is 0 Å². The molecule has 0 bridgehead atoms. The Bertz CT molecular complexity index is 484. The number of carbonyl (C=O) groups is 1. The van der Waals surface area contributed by atoms with Gasteiger partial charge in [-0.3, -0.25) is 4.79 Å². The molecule has 21 heavy (non-hydrogen) atoms. The lowest BCUT2D eigenvalue weighted by molar-refractivity contribution is -0.133. The summed E-state index contributed by atoms with van der Waals surface area (Å²) in [6.45, 7) is 7.17. The van der Waals surface area contributed by atoms with Gasteiger partial charge in [0, 0.05) is 26.2 Å². The molecule has 0 spiro atoms. The minimum absolute atomic E-state index is 0.0718. The largest absolute Gasteiger partial charge is 0.367 e. The van der Waals surface area contributed by atoms with Crippen molar-refractivity contribution in [3.05, 3.63) is 29.3 Å². The zero-order valence-electron chi connectivity index (χ0n) is 12.8. The lowest BCUT2D eigenvalue weighted by Gasteiger charge is -2.37. The number of carbonyl (C=O) groups excluding carboxylic acids is 1. The van der Waals surface area contributed by atoms with Crippen LogP contribution in [0.3, 0.4) is 0 Å². The lowest BCUT2D eigenvalue weighted by atomic mass is 10.0. The fourth-order valence-corrected chi connectivity index (χ4v) is 2.97. The van der Waals surface area contributed by atoms with Gasteiger partial charge in [0.1, 0.15) is 0 Å². The van der Waals surface area contributed by atoms with Crippen LogP contribution in [-0.4, -0.2) is 43.0 Å². The number of nitrogens with zero attached hydrogens (tertiary/aromatic N) is 2. The van der Waals surface area contributed by atoms with E-state index >= 15 is 0 Å². The van der Waals surface area contributed by atoms with Gasteiger partial charge in [0.05, 0.1) is 16.8 Å². The fraction of sp³-hybridized carbons (Fsp3) is 0.562. The van der Waals surface area contributed by atoms with Crippen molar-refractivity contribution < 1.29 is 4.79 Å². The molecule has 1 aliphatic rings. The summed E-state index contributed by atoms with van der Waals surface area (Å²) in [5.74, 6) is 0.510. The van der Waals surface area contributed by atoms with Crippen molar-refractivity contribution in [1.29, 1.82) is 0 Å². The van der Waals surface area contributed by atoms with Crippen molar-refractivity contribution in [1.82, 2.24) is 4.90 Å². The Morgan fingerprint density at radius 2 is 1.86 bits per heavy atom. The second-order valence-electron chi connectivity index (χ2n) is 6.00. The lowest BCUT2D eigenvalue weighted by Crippen LogP contribution is -2.53. The van der Waals surface area contributed by atoms with Gasteiger partial charge in [-0.15, -0.1) is 0 Å². The molecular weight excluding hydrogens is 286 g/mol. The maximum atomic E-state index is 12.3. The summed E-state index contributed by atoms with van der Waals surface area (Å²) in [7, 11) is 0. The summed E-state index contributed by atoms with van der Waals surface area (Å²) >= 11 is 6.22. The topological polar surface area (TPSA) is 49.6 Å². The highest BCUT2D eigenvalue weighted by Crippen LogP contribution is 2.26. The zero-order chi connectivity index (χ0) is 15.4. The summed E-state index contributed by atoms with van der Waals surface area (Å²) in [5.41, 5.74) is 7.03. The van der Waals surface area contributed by atoms with Crippen LogP contribution >= 0.6 is 11.6 Å². The van der Waals surface area contributed by atoms with Gasteiger partial charge in [-0.1, -0.05) is 37.6 Å². The van der Waals surface area contributed by atoms with Crippen LogP contribution in [0.1, 0.15) is 20.3 Å². The summed E-state index contributed by atoms with van der Waals surface area (Å²) in [4.78, 5) is 16.4. The third kappa shape index (κ3) is 4.11. The highest BCUT2D eigenvalue weighted by atomic mass is 35.5. The molecule has 5 heteroatoms. The number of amides is 1. The maximum absolute atomic E-state index is 12.3. The average molecular weight is 310 g/mol. The number of halogens is 1. The molecule has 1 saturated heterocycles. The quantitative estimate of drug-likeness (QED) is 0.929. The molecule has 0 radical (unpaired) electrons. The molecule has 1 amide bonds. The van der Waals surface area contributed by atoms with Crippen molar-refractivity contribution in [3.63, 3.8) is 0 Å². The molecule has 1 atom stereocenters. The van der Waals surface area contributed by atoms with E-state index in [4.69, 9.17) is 17.3 Å². The molecule has 1 fully saturated rings. The third-order valence-electron chi connectivity index (χ3n) is 3.83. The van der Waals surface area contributed by atoms with E-state index in [-0.39, 0.29) is 11.9 Å². The van der Waals surface area contributed by atoms with Crippen LogP contribution in [0.5, 0.6) is 0 Å². The van der Waals surface area contributed by atoms with E-state index in [1.807, 2.05) is 29.2 Å². The van der Waals surface area contributed by atoms with Crippen molar-refractivity contribution in [3.8, 4) is 0 Å². The first-order valence-electron chi connectivity index (χ1n) is 7.53.